The van der Waals surface area contributed by atoms with E-state index in [1.807, 2.05) is 15.5 Å². The van der Waals surface area contributed by atoms with Crippen LogP contribution in [-0.4, -0.2) is 42.2 Å². The Morgan fingerprint density at radius 1 is 1.40 bits per heavy atom. The van der Waals surface area contributed by atoms with E-state index in [2.05, 4.69) is 22.1 Å². The second-order valence-electron chi connectivity index (χ2n) is 6.21. The van der Waals surface area contributed by atoms with Gasteiger partial charge in [0.25, 0.3) is 0 Å². The fourth-order valence-corrected chi connectivity index (χ4v) is 3.56. The zero-order chi connectivity index (χ0) is 17.4. The molecule has 0 radical (unpaired) electrons. The number of hydrogen-bond acceptors (Lipinski definition) is 6. The summed E-state index contributed by atoms with van der Waals surface area (Å²) in [6.07, 6.45) is 5.35. The predicted octanol–water partition coefficient (Wildman–Crippen LogP) is 2.24. The van der Waals surface area contributed by atoms with Crippen molar-refractivity contribution >= 4 is 17.3 Å². The third-order valence-corrected chi connectivity index (χ3v) is 4.73. The van der Waals surface area contributed by atoms with Crippen molar-refractivity contribution in [2.45, 2.75) is 32.2 Å². The SMILES string of the molecule is CCn1cnnc1C1CCCN(c2nc3ccccn3c2[N+](=O)[O-])C1. The molecule has 1 aliphatic heterocycles. The summed E-state index contributed by atoms with van der Waals surface area (Å²) < 4.78 is 3.57. The van der Waals surface area contributed by atoms with E-state index in [4.69, 9.17) is 0 Å². The molecule has 0 bridgehead atoms. The lowest BCUT2D eigenvalue weighted by molar-refractivity contribution is -0.389. The highest BCUT2D eigenvalue weighted by atomic mass is 16.6. The largest absolute Gasteiger partial charge is 0.372 e. The summed E-state index contributed by atoms with van der Waals surface area (Å²) in [4.78, 5) is 17.8. The van der Waals surface area contributed by atoms with Gasteiger partial charge in [-0.05, 0) is 30.8 Å². The van der Waals surface area contributed by atoms with Gasteiger partial charge in [-0.3, -0.25) is 0 Å². The maximum Gasteiger partial charge on any atom is 0.372 e. The van der Waals surface area contributed by atoms with E-state index < -0.39 is 0 Å². The molecule has 0 saturated carbocycles. The predicted molar refractivity (Wildman–Crippen MR) is 91.7 cm³/mol. The monoisotopic (exact) mass is 341 g/mol. The quantitative estimate of drug-likeness (QED) is 0.533. The van der Waals surface area contributed by atoms with E-state index in [9.17, 15) is 10.1 Å². The Hall–Kier alpha value is -2.97. The van der Waals surface area contributed by atoms with Crippen molar-refractivity contribution in [2.24, 2.45) is 0 Å². The molecule has 0 aliphatic carbocycles. The maximum absolute atomic E-state index is 11.6. The molecule has 9 heteroatoms. The lowest BCUT2D eigenvalue weighted by Gasteiger charge is -2.32. The highest BCUT2D eigenvalue weighted by Crippen LogP contribution is 2.34. The van der Waals surface area contributed by atoms with Crippen LogP contribution < -0.4 is 4.90 Å². The fraction of sp³-hybridized carbons (Fsp3) is 0.438. The average molecular weight is 341 g/mol. The lowest BCUT2D eigenvalue weighted by atomic mass is 9.97. The summed E-state index contributed by atoms with van der Waals surface area (Å²) in [6.45, 7) is 4.28. The number of imidazole rings is 1. The number of nitro groups is 1. The summed E-state index contributed by atoms with van der Waals surface area (Å²) in [5.41, 5.74) is 0.586. The van der Waals surface area contributed by atoms with Crippen LogP contribution in [0.15, 0.2) is 30.7 Å². The Morgan fingerprint density at radius 2 is 2.28 bits per heavy atom. The van der Waals surface area contributed by atoms with E-state index in [-0.39, 0.29) is 16.7 Å². The molecule has 0 amide bonds. The molecule has 0 spiro atoms. The Labute approximate surface area is 144 Å². The molecular formula is C16H19N7O2. The minimum atomic E-state index is -0.354. The van der Waals surface area contributed by atoms with Gasteiger partial charge in [-0.1, -0.05) is 6.07 Å². The molecular weight excluding hydrogens is 322 g/mol. The second kappa shape index (κ2) is 6.15. The summed E-state index contributed by atoms with van der Waals surface area (Å²) in [7, 11) is 0. The van der Waals surface area contributed by atoms with Gasteiger partial charge >= 0.3 is 5.82 Å². The number of aromatic nitrogens is 5. The first kappa shape index (κ1) is 15.6. The molecule has 4 rings (SSSR count). The molecule has 9 nitrogen and oxygen atoms in total. The fourth-order valence-electron chi connectivity index (χ4n) is 3.56. The van der Waals surface area contributed by atoms with Crippen LogP contribution in [0.1, 0.15) is 31.5 Å². The van der Waals surface area contributed by atoms with Crippen LogP contribution in [0.3, 0.4) is 0 Å². The number of fused-ring (bicyclic) bond motifs is 1. The number of aryl methyl sites for hydroxylation is 1. The van der Waals surface area contributed by atoms with Gasteiger partial charge in [0.15, 0.2) is 0 Å². The summed E-state index contributed by atoms with van der Waals surface area (Å²) in [5, 5.41) is 19.9. The Morgan fingerprint density at radius 3 is 3.08 bits per heavy atom. The molecule has 0 aromatic carbocycles. The van der Waals surface area contributed by atoms with E-state index in [1.165, 1.54) is 4.40 Å². The Kier molecular flexibility index (Phi) is 3.83. The summed E-state index contributed by atoms with van der Waals surface area (Å²) in [5.74, 6) is 1.59. The summed E-state index contributed by atoms with van der Waals surface area (Å²) >= 11 is 0. The van der Waals surface area contributed by atoms with Gasteiger partial charge in [0.1, 0.15) is 12.2 Å². The van der Waals surface area contributed by atoms with Crippen LogP contribution in [0.5, 0.6) is 0 Å². The van der Waals surface area contributed by atoms with Crippen molar-refractivity contribution in [1.82, 2.24) is 24.1 Å². The van der Waals surface area contributed by atoms with Gasteiger partial charge in [0, 0.05) is 31.6 Å². The Balaban J connectivity index is 1.71. The molecule has 1 fully saturated rings. The number of piperidine rings is 1. The van der Waals surface area contributed by atoms with Crippen LogP contribution in [0, 0.1) is 10.1 Å². The maximum atomic E-state index is 11.6. The second-order valence-corrected chi connectivity index (χ2v) is 6.21. The molecule has 3 aromatic rings. The smallest absolute Gasteiger partial charge is 0.358 e. The van der Waals surface area contributed by atoms with Gasteiger partial charge in [-0.25, -0.2) is 0 Å². The molecule has 25 heavy (non-hydrogen) atoms. The van der Waals surface area contributed by atoms with Gasteiger partial charge in [0.05, 0.1) is 6.20 Å². The first-order valence-electron chi connectivity index (χ1n) is 8.43. The van der Waals surface area contributed by atoms with E-state index in [0.29, 0.717) is 18.0 Å². The van der Waals surface area contributed by atoms with Crippen LogP contribution in [0.25, 0.3) is 5.65 Å². The third kappa shape index (κ3) is 2.61. The first-order chi connectivity index (χ1) is 12.2. The molecule has 1 saturated heterocycles. The van der Waals surface area contributed by atoms with Crippen molar-refractivity contribution < 1.29 is 4.92 Å². The van der Waals surface area contributed by atoms with Crippen molar-refractivity contribution in [3.05, 3.63) is 46.7 Å². The standard InChI is InChI=1S/C16H19N7O2/c1-2-20-11-17-19-14(20)12-6-5-8-21(10-12)15-16(23(24)25)22-9-4-3-7-13(22)18-15/h3-4,7,9,11-12H,2,5-6,8,10H2,1H3. The topological polar surface area (TPSA) is 94.4 Å². The number of anilines is 1. The molecule has 1 unspecified atom stereocenters. The van der Waals surface area contributed by atoms with Gasteiger partial charge in [0.2, 0.25) is 11.5 Å². The molecule has 3 aromatic heterocycles. The average Bonchev–Trinajstić information content (AvgIpc) is 3.26. The molecule has 1 atom stereocenters. The molecule has 1 aliphatic rings. The van der Waals surface area contributed by atoms with Crippen LogP contribution in [0.2, 0.25) is 0 Å². The van der Waals surface area contributed by atoms with E-state index in [0.717, 1.165) is 31.8 Å². The minimum Gasteiger partial charge on any atom is -0.358 e. The Bertz CT molecular complexity index is 916. The van der Waals surface area contributed by atoms with Gasteiger partial charge in [-0.2, -0.15) is 9.38 Å². The zero-order valence-electron chi connectivity index (χ0n) is 13.9. The van der Waals surface area contributed by atoms with Crippen LogP contribution in [-0.2, 0) is 6.54 Å². The van der Waals surface area contributed by atoms with E-state index >= 15 is 0 Å². The molecule has 4 heterocycles. The minimum absolute atomic E-state index is 0.0215. The van der Waals surface area contributed by atoms with Crippen molar-refractivity contribution in [1.29, 1.82) is 0 Å². The molecule has 130 valence electrons. The highest BCUT2D eigenvalue weighted by molar-refractivity contribution is 5.63. The van der Waals surface area contributed by atoms with Gasteiger partial charge < -0.3 is 19.6 Å². The van der Waals surface area contributed by atoms with Crippen molar-refractivity contribution in [3.63, 3.8) is 0 Å². The zero-order valence-corrected chi connectivity index (χ0v) is 13.9. The molecule has 0 N–H and O–H groups in total. The number of rotatable bonds is 4. The highest BCUT2D eigenvalue weighted by Gasteiger charge is 2.32. The third-order valence-electron chi connectivity index (χ3n) is 4.73. The van der Waals surface area contributed by atoms with Crippen molar-refractivity contribution in [2.75, 3.05) is 18.0 Å². The van der Waals surface area contributed by atoms with Crippen LogP contribution >= 0.6 is 0 Å². The normalized spacial score (nSPS) is 18.0. The lowest BCUT2D eigenvalue weighted by Crippen LogP contribution is -2.36. The number of nitrogens with zero attached hydrogens (tertiary/aromatic N) is 7. The van der Waals surface area contributed by atoms with Crippen molar-refractivity contribution in [3.8, 4) is 0 Å². The van der Waals surface area contributed by atoms with Gasteiger partial charge in [-0.15, -0.1) is 10.2 Å². The summed E-state index contributed by atoms with van der Waals surface area (Å²) in [6, 6.07) is 5.39. The van der Waals surface area contributed by atoms with E-state index in [1.54, 1.807) is 24.7 Å². The number of hydrogen-bond donors (Lipinski definition) is 0. The number of pyridine rings is 1. The first-order valence-corrected chi connectivity index (χ1v) is 8.43. The van der Waals surface area contributed by atoms with Crippen LogP contribution in [0.4, 0.5) is 11.6 Å².